The Balaban J connectivity index is 1.81. The number of para-hydroxylation sites is 1. The van der Waals surface area contributed by atoms with E-state index < -0.39 is 21.8 Å². The molecule has 3 rings (SSSR count). The quantitative estimate of drug-likeness (QED) is 0.448. The molecule has 0 spiro atoms. The van der Waals surface area contributed by atoms with Gasteiger partial charge >= 0.3 is 0 Å². The van der Waals surface area contributed by atoms with Gasteiger partial charge in [0.1, 0.15) is 16.5 Å². The van der Waals surface area contributed by atoms with Crippen LogP contribution in [-0.2, 0) is 19.6 Å². The van der Waals surface area contributed by atoms with Crippen LogP contribution in [0, 0.1) is 17.7 Å². The molecule has 36 heavy (non-hydrogen) atoms. The normalized spacial score (nSPS) is 10.6. The maximum absolute atomic E-state index is 13.1. The molecule has 0 saturated heterocycles. The van der Waals surface area contributed by atoms with E-state index >= 15 is 0 Å². The van der Waals surface area contributed by atoms with Crippen molar-refractivity contribution in [3.05, 3.63) is 95.3 Å². The van der Waals surface area contributed by atoms with E-state index in [1.807, 2.05) is 4.72 Å². The molecule has 0 saturated carbocycles. The van der Waals surface area contributed by atoms with Crippen LogP contribution in [0.15, 0.2) is 77.7 Å². The predicted molar refractivity (Wildman–Crippen MR) is 133 cm³/mol. The lowest BCUT2D eigenvalue weighted by molar-refractivity contribution is -0.119. The van der Waals surface area contributed by atoms with Crippen LogP contribution in [0.1, 0.15) is 47.7 Å². The summed E-state index contributed by atoms with van der Waals surface area (Å²) in [5.74, 6) is 3.91. The first-order chi connectivity index (χ1) is 17.2. The van der Waals surface area contributed by atoms with Crippen LogP contribution in [0.4, 0.5) is 10.1 Å². The summed E-state index contributed by atoms with van der Waals surface area (Å²) in [6, 6.07) is 17.8. The third-order valence-corrected chi connectivity index (χ3v) is 6.39. The van der Waals surface area contributed by atoms with Crippen LogP contribution in [0.3, 0.4) is 0 Å². The maximum Gasteiger partial charge on any atom is 0.266 e. The van der Waals surface area contributed by atoms with Gasteiger partial charge in [0.05, 0.1) is 11.3 Å². The largest absolute Gasteiger partial charge is 0.321 e. The first kappa shape index (κ1) is 26.3. The van der Waals surface area contributed by atoms with E-state index in [2.05, 4.69) is 17.2 Å². The van der Waals surface area contributed by atoms with E-state index in [9.17, 15) is 27.2 Å². The molecule has 0 aliphatic heterocycles. The Bertz CT molecular complexity index is 1460. The van der Waals surface area contributed by atoms with Gasteiger partial charge in [-0.15, -0.1) is 0 Å². The number of rotatable bonds is 8. The second kappa shape index (κ2) is 11.9. The van der Waals surface area contributed by atoms with Gasteiger partial charge in [-0.25, -0.2) is 17.5 Å². The van der Waals surface area contributed by atoms with E-state index in [0.29, 0.717) is 11.1 Å². The smallest absolute Gasteiger partial charge is 0.266 e. The lowest BCUT2D eigenvalue weighted by Crippen LogP contribution is -2.31. The van der Waals surface area contributed by atoms with Gasteiger partial charge < -0.3 is 10.1 Å². The van der Waals surface area contributed by atoms with Gasteiger partial charge in [-0.1, -0.05) is 36.1 Å². The third kappa shape index (κ3) is 7.35. The molecule has 3 aromatic carbocycles. The van der Waals surface area contributed by atoms with E-state index in [0.717, 1.165) is 0 Å². The van der Waals surface area contributed by atoms with Crippen LogP contribution < -0.4 is 10.0 Å². The fraction of sp³-hybridized carbons (Fsp3) is 0.148. The molecule has 3 aromatic rings. The SMILES string of the molecule is CC(=O)CCCC(=O)NS(=O)(=O)c1ccccc1NC(=O)c1ccccc1C#Cc1ccc(F)cc1. The molecule has 0 heterocycles. The monoisotopic (exact) mass is 506 g/mol. The molecule has 0 bridgehead atoms. The number of hydrogen-bond donors (Lipinski definition) is 2. The Hall–Kier alpha value is -4.29. The summed E-state index contributed by atoms with van der Waals surface area (Å²) in [4.78, 5) is 35.9. The van der Waals surface area contributed by atoms with Crippen molar-refractivity contribution >= 4 is 33.3 Å². The molecule has 184 valence electrons. The zero-order valence-electron chi connectivity index (χ0n) is 19.4. The van der Waals surface area contributed by atoms with Gasteiger partial charge in [0.25, 0.3) is 15.9 Å². The molecule has 2 amide bonds. The van der Waals surface area contributed by atoms with Gasteiger partial charge in [-0.05, 0) is 61.9 Å². The highest BCUT2D eigenvalue weighted by molar-refractivity contribution is 7.90. The summed E-state index contributed by atoms with van der Waals surface area (Å²) in [6.45, 7) is 1.39. The van der Waals surface area contributed by atoms with Crippen molar-refractivity contribution in [3.63, 3.8) is 0 Å². The fourth-order valence-electron chi connectivity index (χ4n) is 3.21. The molecule has 0 atom stereocenters. The van der Waals surface area contributed by atoms with Crippen LogP contribution >= 0.6 is 0 Å². The zero-order chi connectivity index (χ0) is 26.1. The number of nitrogens with one attached hydrogen (secondary N) is 2. The second-order valence-electron chi connectivity index (χ2n) is 7.84. The summed E-state index contributed by atoms with van der Waals surface area (Å²) in [5.41, 5.74) is 1.13. The van der Waals surface area contributed by atoms with Crippen LogP contribution in [0.2, 0.25) is 0 Å². The summed E-state index contributed by atoms with van der Waals surface area (Å²) in [7, 11) is -4.29. The zero-order valence-corrected chi connectivity index (χ0v) is 20.2. The summed E-state index contributed by atoms with van der Waals surface area (Å²) < 4.78 is 40.8. The molecule has 7 nitrogen and oxygen atoms in total. The molecule has 0 aliphatic rings. The van der Waals surface area contributed by atoms with E-state index in [-0.39, 0.29) is 47.0 Å². The van der Waals surface area contributed by atoms with Crippen molar-refractivity contribution in [1.82, 2.24) is 4.72 Å². The van der Waals surface area contributed by atoms with Gasteiger partial charge in [0, 0.05) is 24.0 Å². The lowest BCUT2D eigenvalue weighted by atomic mass is 10.1. The number of carbonyl (C=O) groups excluding carboxylic acids is 3. The van der Waals surface area contributed by atoms with Gasteiger partial charge in [0.15, 0.2) is 0 Å². The number of halogens is 1. The number of ketones is 1. The first-order valence-corrected chi connectivity index (χ1v) is 12.5. The summed E-state index contributed by atoms with van der Waals surface area (Å²) >= 11 is 0. The molecule has 0 aromatic heterocycles. The number of hydrogen-bond acceptors (Lipinski definition) is 5. The topological polar surface area (TPSA) is 109 Å². The minimum absolute atomic E-state index is 0.0205. The van der Waals surface area contributed by atoms with Gasteiger partial charge in [-0.2, -0.15) is 0 Å². The molecular formula is C27H23FN2O5S. The number of anilines is 1. The Morgan fingerprint density at radius 2 is 1.53 bits per heavy atom. The van der Waals surface area contributed by atoms with Crippen molar-refractivity contribution < 1.29 is 27.2 Å². The van der Waals surface area contributed by atoms with Crippen molar-refractivity contribution in [1.29, 1.82) is 0 Å². The lowest BCUT2D eigenvalue weighted by Gasteiger charge is -2.13. The van der Waals surface area contributed by atoms with Crippen LogP contribution in [-0.4, -0.2) is 26.0 Å². The van der Waals surface area contributed by atoms with E-state index in [1.165, 1.54) is 55.5 Å². The highest BCUT2D eigenvalue weighted by atomic mass is 32.2. The molecule has 0 fully saturated rings. The van der Waals surface area contributed by atoms with Crippen molar-refractivity contribution in [2.75, 3.05) is 5.32 Å². The Morgan fingerprint density at radius 3 is 2.25 bits per heavy atom. The number of benzene rings is 3. The highest BCUT2D eigenvalue weighted by Gasteiger charge is 2.22. The average Bonchev–Trinajstić information content (AvgIpc) is 2.83. The molecule has 0 aliphatic carbocycles. The first-order valence-electron chi connectivity index (χ1n) is 11.0. The molecule has 2 N–H and O–H groups in total. The van der Waals surface area contributed by atoms with Gasteiger partial charge in [0.2, 0.25) is 5.91 Å². The van der Waals surface area contributed by atoms with Crippen molar-refractivity contribution in [3.8, 4) is 11.8 Å². The Labute approximate surface area is 208 Å². The van der Waals surface area contributed by atoms with Crippen molar-refractivity contribution in [2.45, 2.75) is 31.1 Å². The molecule has 0 radical (unpaired) electrons. The number of carbonyl (C=O) groups is 3. The molecule has 9 heteroatoms. The van der Waals surface area contributed by atoms with Gasteiger partial charge in [-0.3, -0.25) is 9.59 Å². The van der Waals surface area contributed by atoms with Crippen molar-refractivity contribution in [2.24, 2.45) is 0 Å². The highest BCUT2D eigenvalue weighted by Crippen LogP contribution is 2.22. The maximum atomic E-state index is 13.1. The Morgan fingerprint density at radius 1 is 0.861 bits per heavy atom. The number of Topliss-reactive ketones (excluding diaryl/α,β-unsaturated/α-hetero) is 1. The van der Waals surface area contributed by atoms with E-state index in [1.54, 1.807) is 24.3 Å². The Kier molecular flexibility index (Phi) is 8.71. The second-order valence-corrected chi connectivity index (χ2v) is 9.49. The van der Waals surface area contributed by atoms with E-state index in [4.69, 9.17) is 0 Å². The fourth-order valence-corrected chi connectivity index (χ4v) is 4.39. The summed E-state index contributed by atoms with van der Waals surface area (Å²) in [6.07, 6.45) is 0.266. The number of amides is 2. The predicted octanol–water partition coefficient (Wildman–Crippen LogP) is 4.04. The van der Waals surface area contributed by atoms with Crippen LogP contribution in [0.5, 0.6) is 0 Å². The summed E-state index contributed by atoms with van der Waals surface area (Å²) in [5, 5.41) is 2.58. The third-order valence-electron chi connectivity index (χ3n) is 4.96. The molecular weight excluding hydrogens is 483 g/mol. The minimum atomic E-state index is -4.29. The average molecular weight is 507 g/mol. The molecule has 0 unspecified atom stereocenters. The van der Waals surface area contributed by atoms with Crippen LogP contribution in [0.25, 0.3) is 0 Å². The number of sulfonamides is 1. The standard InChI is InChI=1S/C27H23FN2O5S/c1-19(31)7-6-12-26(32)30-36(34,35)25-11-5-4-10-24(25)29-27(33)23-9-3-2-8-21(23)16-13-20-14-17-22(28)18-15-20/h2-5,8-11,14-15,17-18H,6-7,12H2,1H3,(H,29,33)(H,30,32). The minimum Gasteiger partial charge on any atom is -0.321 e.